The van der Waals surface area contributed by atoms with Crippen molar-refractivity contribution in [3.63, 3.8) is 0 Å². The molecule has 0 radical (unpaired) electrons. The summed E-state index contributed by atoms with van der Waals surface area (Å²) in [7, 11) is 0. The summed E-state index contributed by atoms with van der Waals surface area (Å²) in [6.45, 7) is 6.63. The predicted octanol–water partition coefficient (Wildman–Crippen LogP) is 4.53. The second-order valence-corrected chi connectivity index (χ2v) is 4.89. The van der Waals surface area contributed by atoms with E-state index in [0.717, 1.165) is 32.7 Å². The molecule has 0 aliphatic heterocycles. The largest absolute Gasteiger partial charge is 0.492 e. The highest BCUT2D eigenvalue weighted by atomic mass is 79.9. The molecule has 0 bridgehead atoms. The molecule has 2 aromatic rings. The quantitative estimate of drug-likeness (QED) is 0.831. The third-order valence-corrected chi connectivity index (χ3v) is 3.73. The van der Waals surface area contributed by atoms with Gasteiger partial charge in [-0.05, 0) is 42.3 Å². The van der Waals surface area contributed by atoms with Crippen molar-refractivity contribution in [3.05, 3.63) is 46.2 Å². The molecule has 0 atom stereocenters. The summed E-state index contributed by atoms with van der Waals surface area (Å²) in [6, 6.07) is 10.2. The van der Waals surface area contributed by atoms with Crippen LogP contribution in [0.3, 0.4) is 0 Å². The van der Waals surface area contributed by atoms with Gasteiger partial charge >= 0.3 is 0 Å². The van der Waals surface area contributed by atoms with E-state index in [9.17, 15) is 0 Å². The lowest BCUT2D eigenvalue weighted by Gasteiger charge is -2.16. The molecule has 0 N–H and O–H groups in total. The number of hydrogen-bond donors (Lipinski definition) is 0. The molecule has 3 heteroatoms. The lowest BCUT2D eigenvalue weighted by Crippen LogP contribution is -2.01. The van der Waals surface area contributed by atoms with Gasteiger partial charge in [-0.2, -0.15) is 0 Å². The third-order valence-electron chi connectivity index (χ3n) is 2.79. The van der Waals surface area contributed by atoms with Crippen molar-refractivity contribution in [1.29, 1.82) is 0 Å². The molecule has 0 fully saturated rings. The van der Waals surface area contributed by atoms with Gasteiger partial charge in [0.25, 0.3) is 0 Å². The molecule has 0 saturated carbocycles. The van der Waals surface area contributed by atoms with E-state index in [1.54, 1.807) is 0 Å². The molecule has 0 saturated heterocycles. The maximum Gasteiger partial charge on any atom is 0.144 e. The van der Waals surface area contributed by atoms with Gasteiger partial charge in [0.2, 0.25) is 0 Å². The van der Waals surface area contributed by atoms with Crippen LogP contribution in [0.25, 0.3) is 11.1 Å². The first kappa shape index (κ1) is 13.1. The maximum atomic E-state index is 5.80. The molecule has 94 valence electrons. The zero-order valence-electron chi connectivity index (χ0n) is 10.8. The van der Waals surface area contributed by atoms with Crippen molar-refractivity contribution in [1.82, 2.24) is 4.98 Å². The monoisotopic (exact) mass is 305 g/mol. The smallest absolute Gasteiger partial charge is 0.144 e. The topological polar surface area (TPSA) is 22.1 Å². The zero-order valence-corrected chi connectivity index (χ0v) is 12.4. The summed E-state index contributed by atoms with van der Waals surface area (Å²) in [6.07, 6.45) is 0. The first-order chi connectivity index (χ1) is 8.65. The van der Waals surface area contributed by atoms with Crippen molar-refractivity contribution in [2.24, 2.45) is 0 Å². The molecule has 0 unspecified atom stereocenters. The lowest BCUT2D eigenvalue weighted by atomic mass is 10.0. The number of aromatic nitrogens is 1. The summed E-state index contributed by atoms with van der Waals surface area (Å²) >= 11 is 3.58. The molecule has 0 aliphatic rings. The molecule has 0 aliphatic carbocycles. The average Bonchev–Trinajstić information content (AvgIpc) is 2.37. The van der Waals surface area contributed by atoms with Crippen molar-refractivity contribution >= 4 is 15.9 Å². The van der Waals surface area contributed by atoms with E-state index < -0.39 is 0 Å². The number of aryl methyl sites for hydroxylation is 2. The van der Waals surface area contributed by atoms with E-state index in [1.165, 1.54) is 0 Å². The Morgan fingerprint density at radius 1 is 1.11 bits per heavy atom. The molecule has 1 aromatic carbocycles. The maximum absolute atomic E-state index is 5.80. The van der Waals surface area contributed by atoms with Crippen LogP contribution >= 0.6 is 15.9 Å². The zero-order chi connectivity index (χ0) is 13.1. The Kier molecular flexibility index (Phi) is 4.02. The van der Waals surface area contributed by atoms with Gasteiger partial charge in [-0.25, -0.2) is 0 Å². The van der Waals surface area contributed by atoms with E-state index in [0.29, 0.717) is 6.61 Å². The van der Waals surface area contributed by atoms with Crippen LogP contribution in [0.5, 0.6) is 5.75 Å². The third kappa shape index (κ3) is 2.41. The second kappa shape index (κ2) is 5.53. The normalized spacial score (nSPS) is 10.4. The molecule has 18 heavy (non-hydrogen) atoms. The van der Waals surface area contributed by atoms with Crippen molar-refractivity contribution in [2.75, 3.05) is 6.61 Å². The van der Waals surface area contributed by atoms with Crippen LogP contribution in [-0.4, -0.2) is 11.6 Å². The van der Waals surface area contributed by atoms with Gasteiger partial charge in [0.05, 0.1) is 16.8 Å². The minimum Gasteiger partial charge on any atom is -0.492 e. The predicted molar refractivity (Wildman–Crippen MR) is 78.0 cm³/mol. The van der Waals surface area contributed by atoms with Crippen LogP contribution in [0, 0.1) is 13.8 Å². The first-order valence-electron chi connectivity index (χ1n) is 6.00. The fourth-order valence-electron chi connectivity index (χ4n) is 2.02. The Labute approximate surface area is 116 Å². The molecular weight excluding hydrogens is 290 g/mol. The van der Waals surface area contributed by atoms with E-state index in [-0.39, 0.29) is 0 Å². The van der Waals surface area contributed by atoms with Crippen LogP contribution < -0.4 is 4.74 Å². The van der Waals surface area contributed by atoms with Crippen LogP contribution in [0.1, 0.15) is 18.3 Å². The molecule has 1 heterocycles. The minimum atomic E-state index is 0.640. The Bertz CT molecular complexity index is 552. The van der Waals surface area contributed by atoms with Gasteiger partial charge in [-0.3, -0.25) is 4.98 Å². The molecular formula is C15H16BrNO. The molecule has 2 rings (SSSR count). The summed E-state index contributed by atoms with van der Waals surface area (Å²) in [5.41, 5.74) is 4.14. The number of pyridine rings is 1. The fraction of sp³-hybridized carbons (Fsp3) is 0.267. The highest BCUT2D eigenvalue weighted by Crippen LogP contribution is 2.39. The van der Waals surface area contributed by atoms with Gasteiger partial charge in [-0.1, -0.05) is 30.3 Å². The van der Waals surface area contributed by atoms with Crippen LogP contribution in [-0.2, 0) is 0 Å². The van der Waals surface area contributed by atoms with Crippen LogP contribution in [0.15, 0.2) is 34.8 Å². The highest BCUT2D eigenvalue weighted by molar-refractivity contribution is 9.10. The summed E-state index contributed by atoms with van der Waals surface area (Å²) in [5, 5.41) is 0. The summed E-state index contributed by atoms with van der Waals surface area (Å²) < 4.78 is 6.74. The summed E-state index contributed by atoms with van der Waals surface area (Å²) in [4.78, 5) is 4.57. The fourth-order valence-corrected chi connectivity index (χ4v) is 2.42. The van der Waals surface area contributed by atoms with Crippen molar-refractivity contribution in [3.8, 4) is 16.9 Å². The average molecular weight is 306 g/mol. The highest BCUT2D eigenvalue weighted by Gasteiger charge is 2.16. The van der Waals surface area contributed by atoms with E-state index in [2.05, 4.69) is 33.0 Å². The van der Waals surface area contributed by atoms with E-state index in [1.807, 2.05) is 39.0 Å². The Morgan fingerprint density at radius 2 is 1.78 bits per heavy atom. The van der Waals surface area contributed by atoms with Crippen molar-refractivity contribution in [2.45, 2.75) is 20.8 Å². The molecule has 0 spiro atoms. The van der Waals surface area contributed by atoms with Crippen molar-refractivity contribution < 1.29 is 4.74 Å². The van der Waals surface area contributed by atoms with Gasteiger partial charge in [-0.15, -0.1) is 0 Å². The van der Waals surface area contributed by atoms with Gasteiger partial charge < -0.3 is 4.74 Å². The molecule has 1 aromatic heterocycles. The number of nitrogens with zero attached hydrogens (tertiary/aromatic N) is 1. The van der Waals surface area contributed by atoms with Crippen LogP contribution in [0.2, 0.25) is 0 Å². The van der Waals surface area contributed by atoms with E-state index >= 15 is 0 Å². The Hall–Kier alpha value is -1.35. The summed E-state index contributed by atoms with van der Waals surface area (Å²) in [5.74, 6) is 0.883. The molecule has 0 amide bonds. The van der Waals surface area contributed by atoms with E-state index in [4.69, 9.17) is 4.74 Å². The number of benzene rings is 1. The minimum absolute atomic E-state index is 0.640. The SMILES string of the molecule is CCOc1c(Br)c(C)nc(C)c1-c1ccccc1. The van der Waals surface area contributed by atoms with Crippen LogP contribution in [0.4, 0.5) is 0 Å². The first-order valence-corrected chi connectivity index (χ1v) is 6.79. The lowest BCUT2D eigenvalue weighted by molar-refractivity contribution is 0.338. The number of ether oxygens (including phenoxy) is 1. The number of rotatable bonds is 3. The number of halogens is 1. The van der Waals surface area contributed by atoms with Gasteiger partial charge in [0, 0.05) is 11.3 Å². The Balaban J connectivity index is 2.69. The Morgan fingerprint density at radius 3 is 2.39 bits per heavy atom. The van der Waals surface area contributed by atoms with Gasteiger partial charge in [0.15, 0.2) is 0 Å². The number of hydrogen-bond acceptors (Lipinski definition) is 2. The second-order valence-electron chi connectivity index (χ2n) is 4.10. The standard InChI is InChI=1S/C15H16BrNO/c1-4-18-15-13(12-8-6-5-7-9-12)10(2)17-11(3)14(15)16/h5-9H,4H2,1-3H3. The van der Waals surface area contributed by atoms with Gasteiger partial charge in [0.1, 0.15) is 5.75 Å². The molecule has 2 nitrogen and oxygen atoms in total.